The second-order valence-corrected chi connectivity index (χ2v) is 6.12. The van der Waals surface area contributed by atoms with Gasteiger partial charge in [0.05, 0.1) is 12.6 Å². The van der Waals surface area contributed by atoms with E-state index >= 15 is 0 Å². The average Bonchev–Trinajstić information content (AvgIpc) is 2.34. The van der Waals surface area contributed by atoms with Crippen LogP contribution in [0, 0.1) is 5.41 Å². The van der Waals surface area contributed by atoms with Crippen LogP contribution in [-0.4, -0.2) is 61.4 Å². The van der Waals surface area contributed by atoms with Crippen LogP contribution in [0.25, 0.3) is 0 Å². The van der Waals surface area contributed by atoms with Gasteiger partial charge in [-0.3, -0.25) is 9.59 Å². The minimum atomic E-state index is -0.184. The van der Waals surface area contributed by atoms with Gasteiger partial charge in [-0.25, -0.2) is 0 Å². The van der Waals surface area contributed by atoms with Gasteiger partial charge in [0.2, 0.25) is 11.8 Å². The maximum absolute atomic E-state index is 12.6. The number of likely N-dealkylation sites (N-methyl/N-ethyl adjacent to an activating group) is 2. The summed E-state index contributed by atoms with van der Waals surface area (Å²) in [6, 6.07) is -0.184. The largest absolute Gasteiger partial charge is 0.347 e. The van der Waals surface area contributed by atoms with Gasteiger partial charge in [0, 0.05) is 20.6 Å². The molecule has 1 saturated heterocycles. The number of hydrogen-bond acceptors (Lipinski definition) is 3. The number of piperidine rings is 1. The van der Waals surface area contributed by atoms with Gasteiger partial charge in [-0.1, -0.05) is 13.8 Å². The van der Waals surface area contributed by atoms with Crippen molar-refractivity contribution in [2.75, 3.05) is 33.7 Å². The lowest BCUT2D eigenvalue weighted by Crippen LogP contribution is -2.57. The molecule has 0 saturated carbocycles. The standard InChI is InChI=1S/C14H27N3O2/c1-6-17(10-11(18)16(4)5)13(19)12-14(2,3)8-7-9-15-12/h12,15H,6-10H2,1-5H3. The number of hydrogen-bond donors (Lipinski definition) is 1. The molecule has 1 aliphatic heterocycles. The monoisotopic (exact) mass is 269 g/mol. The lowest BCUT2D eigenvalue weighted by Gasteiger charge is -2.40. The van der Waals surface area contributed by atoms with E-state index in [0.717, 1.165) is 19.4 Å². The molecule has 19 heavy (non-hydrogen) atoms. The van der Waals surface area contributed by atoms with Gasteiger partial charge in [0.15, 0.2) is 0 Å². The van der Waals surface area contributed by atoms with Crippen molar-refractivity contribution >= 4 is 11.8 Å². The highest BCUT2D eigenvalue weighted by molar-refractivity contribution is 5.88. The van der Waals surface area contributed by atoms with Crippen LogP contribution < -0.4 is 5.32 Å². The molecule has 1 atom stereocenters. The molecule has 1 N–H and O–H groups in total. The van der Waals surface area contributed by atoms with E-state index in [9.17, 15) is 9.59 Å². The fourth-order valence-corrected chi connectivity index (χ4v) is 2.47. The first kappa shape index (κ1) is 16.0. The van der Waals surface area contributed by atoms with E-state index in [0.29, 0.717) is 6.54 Å². The van der Waals surface area contributed by atoms with Crippen molar-refractivity contribution in [3.05, 3.63) is 0 Å². The SMILES string of the molecule is CCN(CC(=O)N(C)C)C(=O)C1NCCCC1(C)C. The smallest absolute Gasteiger partial charge is 0.241 e. The van der Waals surface area contributed by atoms with Crippen LogP contribution in [0.5, 0.6) is 0 Å². The van der Waals surface area contributed by atoms with Crippen LogP contribution >= 0.6 is 0 Å². The number of carbonyl (C=O) groups excluding carboxylic acids is 2. The summed E-state index contributed by atoms with van der Waals surface area (Å²) >= 11 is 0. The summed E-state index contributed by atoms with van der Waals surface area (Å²) in [5, 5.41) is 3.31. The summed E-state index contributed by atoms with van der Waals surface area (Å²) in [6.45, 7) is 7.74. The minimum absolute atomic E-state index is 0.0381. The summed E-state index contributed by atoms with van der Waals surface area (Å²) < 4.78 is 0. The van der Waals surface area contributed by atoms with Crippen molar-refractivity contribution in [1.29, 1.82) is 0 Å². The van der Waals surface area contributed by atoms with E-state index in [-0.39, 0.29) is 29.8 Å². The van der Waals surface area contributed by atoms with Crippen molar-refractivity contribution in [3.63, 3.8) is 0 Å². The predicted molar refractivity (Wildman–Crippen MR) is 75.8 cm³/mol. The molecule has 2 amide bonds. The van der Waals surface area contributed by atoms with Gasteiger partial charge in [0.25, 0.3) is 0 Å². The quantitative estimate of drug-likeness (QED) is 0.817. The van der Waals surface area contributed by atoms with E-state index < -0.39 is 0 Å². The van der Waals surface area contributed by atoms with E-state index in [1.165, 1.54) is 4.90 Å². The van der Waals surface area contributed by atoms with Crippen LogP contribution in [0.3, 0.4) is 0 Å². The molecule has 1 rings (SSSR count). The van der Waals surface area contributed by atoms with Crippen molar-refractivity contribution in [2.24, 2.45) is 5.41 Å². The first-order valence-corrected chi connectivity index (χ1v) is 7.02. The molecule has 0 aromatic carbocycles. The summed E-state index contributed by atoms with van der Waals surface area (Å²) in [5.41, 5.74) is -0.0517. The third-order valence-corrected chi connectivity index (χ3v) is 3.89. The summed E-state index contributed by atoms with van der Waals surface area (Å²) in [7, 11) is 3.42. The van der Waals surface area contributed by atoms with E-state index in [1.807, 2.05) is 6.92 Å². The first-order chi connectivity index (χ1) is 8.79. The van der Waals surface area contributed by atoms with Gasteiger partial charge in [0.1, 0.15) is 0 Å². The van der Waals surface area contributed by atoms with Crippen LogP contribution in [0.15, 0.2) is 0 Å². The Morgan fingerprint density at radius 2 is 1.95 bits per heavy atom. The van der Waals surface area contributed by atoms with Crippen LogP contribution in [-0.2, 0) is 9.59 Å². The number of rotatable bonds is 4. The molecule has 1 fully saturated rings. The van der Waals surface area contributed by atoms with Gasteiger partial charge in [-0.2, -0.15) is 0 Å². The summed E-state index contributed by atoms with van der Waals surface area (Å²) in [5.74, 6) is 0.00576. The number of nitrogens with one attached hydrogen (secondary N) is 1. The molecule has 1 heterocycles. The lowest BCUT2D eigenvalue weighted by molar-refractivity contribution is -0.143. The molecule has 5 heteroatoms. The second kappa shape index (κ2) is 6.37. The zero-order valence-electron chi connectivity index (χ0n) is 12.8. The third-order valence-electron chi connectivity index (χ3n) is 3.89. The molecule has 1 aliphatic rings. The third kappa shape index (κ3) is 3.93. The Bertz CT molecular complexity index is 340. The molecular formula is C14H27N3O2. The Morgan fingerprint density at radius 3 is 2.42 bits per heavy atom. The zero-order valence-corrected chi connectivity index (χ0v) is 12.8. The summed E-state index contributed by atoms with van der Waals surface area (Å²) in [6.07, 6.45) is 2.13. The summed E-state index contributed by atoms with van der Waals surface area (Å²) in [4.78, 5) is 27.5. The molecule has 0 aromatic rings. The Morgan fingerprint density at radius 1 is 1.32 bits per heavy atom. The van der Waals surface area contributed by atoms with Crippen molar-refractivity contribution in [3.8, 4) is 0 Å². The highest BCUT2D eigenvalue weighted by Crippen LogP contribution is 2.31. The molecule has 5 nitrogen and oxygen atoms in total. The van der Waals surface area contributed by atoms with E-state index in [1.54, 1.807) is 19.0 Å². The van der Waals surface area contributed by atoms with E-state index in [2.05, 4.69) is 19.2 Å². The molecule has 0 aliphatic carbocycles. The molecule has 0 bridgehead atoms. The second-order valence-electron chi connectivity index (χ2n) is 6.12. The fraction of sp³-hybridized carbons (Fsp3) is 0.857. The van der Waals surface area contributed by atoms with Crippen molar-refractivity contribution in [2.45, 2.75) is 39.7 Å². The van der Waals surface area contributed by atoms with Gasteiger partial charge >= 0.3 is 0 Å². The molecular weight excluding hydrogens is 242 g/mol. The molecule has 0 spiro atoms. The topological polar surface area (TPSA) is 52.7 Å². The zero-order chi connectivity index (χ0) is 14.6. The maximum atomic E-state index is 12.6. The fourth-order valence-electron chi connectivity index (χ4n) is 2.47. The molecule has 110 valence electrons. The van der Waals surface area contributed by atoms with Crippen LogP contribution in [0.1, 0.15) is 33.6 Å². The van der Waals surface area contributed by atoms with Gasteiger partial charge in [-0.15, -0.1) is 0 Å². The van der Waals surface area contributed by atoms with Gasteiger partial charge in [-0.05, 0) is 31.7 Å². The highest BCUT2D eigenvalue weighted by atomic mass is 16.2. The Labute approximate surface area is 116 Å². The Kier molecular flexibility index (Phi) is 5.35. The number of carbonyl (C=O) groups is 2. The Hall–Kier alpha value is -1.10. The normalized spacial score (nSPS) is 21.8. The molecule has 0 radical (unpaired) electrons. The lowest BCUT2D eigenvalue weighted by atomic mass is 9.77. The number of nitrogens with zero attached hydrogens (tertiary/aromatic N) is 2. The number of amides is 2. The van der Waals surface area contributed by atoms with E-state index in [4.69, 9.17) is 0 Å². The van der Waals surface area contributed by atoms with Gasteiger partial charge < -0.3 is 15.1 Å². The highest BCUT2D eigenvalue weighted by Gasteiger charge is 2.39. The maximum Gasteiger partial charge on any atom is 0.241 e. The molecule has 1 unspecified atom stereocenters. The first-order valence-electron chi connectivity index (χ1n) is 7.02. The van der Waals surface area contributed by atoms with Crippen LogP contribution in [0.4, 0.5) is 0 Å². The average molecular weight is 269 g/mol. The predicted octanol–water partition coefficient (Wildman–Crippen LogP) is 0.701. The minimum Gasteiger partial charge on any atom is -0.347 e. The Balaban J connectivity index is 2.75. The van der Waals surface area contributed by atoms with Crippen LogP contribution in [0.2, 0.25) is 0 Å². The van der Waals surface area contributed by atoms with Crippen molar-refractivity contribution in [1.82, 2.24) is 15.1 Å². The van der Waals surface area contributed by atoms with Crippen molar-refractivity contribution < 1.29 is 9.59 Å². The molecule has 0 aromatic heterocycles.